The number of ether oxygens (including phenoxy) is 2. The molecule has 3 nitrogen and oxygen atoms in total. The molecule has 1 aliphatic heterocycles. The summed E-state index contributed by atoms with van der Waals surface area (Å²) >= 11 is 0. The summed E-state index contributed by atoms with van der Waals surface area (Å²) in [4.78, 5) is 0. The molecule has 0 aromatic rings. The molecule has 14 heavy (non-hydrogen) atoms. The lowest BCUT2D eigenvalue weighted by Gasteiger charge is -2.46. The quantitative estimate of drug-likeness (QED) is 0.727. The molecule has 0 amide bonds. The average molecular weight is 199 g/mol. The first kappa shape index (κ1) is 10.4. The molecule has 1 saturated carbocycles. The van der Waals surface area contributed by atoms with Crippen molar-refractivity contribution in [1.82, 2.24) is 5.32 Å². The molecule has 82 valence electrons. The minimum atomic E-state index is 0.0898. The van der Waals surface area contributed by atoms with Crippen LogP contribution in [-0.2, 0) is 9.47 Å². The van der Waals surface area contributed by atoms with Gasteiger partial charge < -0.3 is 14.8 Å². The van der Waals surface area contributed by atoms with Crippen molar-refractivity contribution in [3.05, 3.63) is 0 Å². The Bertz CT molecular complexity index is 168. The first-order valence-corrected chi connectivity index (χ1v) is 5.74. The van der Waals surface area contributed by atoms with Crippen LogP contribution in [0.1, 0.15) is 32.1 Å². The Morgan fingerprint density at radius 2 is 2.14 bits per heavy atom. The van der Waals surface area contributed by atoms with Crippen LogP contribution in [0.15, 0.2) is 0 Å². The fourth-order valence-electron chi connectivity index (χ4n) is 2.79. The van der Waals surface area contributed by atoms with Gasteiger partial charge in [-0.2, -0.15) is 0 Å². The SMILES string of the molecule is COCC1NCCOC12CCCCC2. The number of hydrogen-bond donors (Lipinski definition) is 1. The number of methoxy groups -OCH3 is 1. The number of morpholine rings is 1. The second kappa shape index (κ2) is 4.60. The lowest BCUT2D eigenvalue weighted by atomic mass is 9.78. The highest BCUT2D eigenvalue weighted by Crippen LogP contribution is 2.35. The molecule has 0 aromatic carbocycles. The Balaban J connectivity index is 2.02. The Morgan fingerprint density at radius 1 is 1.36 bits per heavy atom. The standard InChI is InChI=1S/C11H21NO2/c1-13-9-10-11(14-8-7-12-10)5-3-2-4-6-11/h10,12H,2-9H2,1H3. The van der Waals surface area contributed by atoms with Crippen molar-refractivity contribution in [2.24, 2.45) is 0 Å². The summed E-state index contributed by atoms with van der Waals surface area (Å²) in [6, 6.07) is 0.404. The van der Waals surface area contributed by atoms with Crippen LogP contribution in [0, 0.1) is 0 Å². The fraction of sp³-hybridized carbons (Fsp3) is 1.00. The third-order valence-electron chi connectivity index (χ3n) is 3.55. The van der Waals surface area contributed by atoms with Gasteiger partial charge in [-0.25, -0.2) is 0 Å². The lowest BCUT2D eigenvalue weighted by molar-refractivity contribution is -0.129. The maximum absolute atomic E-state index is 6.03. The van der Waals surface area contributed by atoms with Crippen LogP contribution in [0.2, 0.25) is 0 Å². The molecule has 0 aromatic heterocycles. The van der Waals surface area contributed by atoms with Gasteiger partial charge in [0.1, 0.15) is 0 Å². The monoisotopic (exact) mass is 199 g/mol. The maximum Gasteiger partial charge on any atom is 0.0857 e. The first-order chi connectivity index (χ1) is 6.87. The highest BCUT2D eigenvalue weighted by molar-refractivity contribution is 4.97. The number of rotatable bonds is 2. The lowest BCUT2D eigenvalue weighted by Crippen LogP contribution is -2.60. The van der Waals surface area contributed by atoms with Gasteiger partial charge in [-0.05, 0) is 12.8 Å². The molecule has 1 atom stereocenters. The topological polar surface area (TPSA) is 30.5 Å². The molecular formula is C11H21NO2. The average Bonchev–Trinajstić information content (AvgIpc) is 2.23. The summed E-state index contributed by atoms with van der Waals surface area (Å²) in [5.74, 6) is 0. The van der Waals surface area contributed by atoms with Crippen LogP contribution in [0.4, 0.5) is 0 Å². The zero-order valence-corrected chi connectivity index (χ0v) is 9.05. The summed E-state index contributed by atoms with van der Waals surface area (Å²) in [6.45, 7) is 2.61. The van der Waals surface area contributed by atoms with Crippen LogP contribution < -0.4 is 5.32 Å². The van der Waals surface area contributed by atoms with E-state index in [0.29, 0.717) is 6.04 Å². The molecule has 0 radical (unpaired) electrons. The predicted molar refractivity (Wildman–Crippen MR) is 55.4 cm³/mol. The molecule has 2 aliphatic rings. The van der Waals surface area contributed by atoms with Gasteiger partial charge in [-0.1, -0.05) is 19.3 Å². The molecule has 1 unspecified atom stereocenters. The van der Waals surface area contributed by atoms with E-state index in [4.69, 9.17) is 9.47 Å². The minimum absolute atomic E-state index is 0.0898. The summed E-state index contributed by atoms with van der Waals surface area (Å²) < 4.78 is 11.3. The molecule has 1 aliphatic carbocycles. The summed E-state index contributed by atoms with van der Waals surface area (Å²) in [5.41, 5.74) is 0.0898. The van der Waals surface area contributed by atoms with Gasteiger partial charge in [0.05, 0.1) is 24.9 Å². The second-order valence-electron chi connectivity index (χ2n) is 4.44. The number of hydrogen-bond acceptors (Lipinski definition) is 3. The zero-order valence-electron chi connectivity index (χ0n) is 9.05. The van der Waals surface area contributed by atoms with Crippen molar-refractivity contribution in [3.63, 3.8) is 0 Å². The fourth-order valence-corrected chi connectivity index (χ4v) is 2.79. The van der Waals surface area contributed by atoms with Crippen LogP contribution in [0.25, 0.3) is 0 Å². The summed E-state index contributed by atoms with van der Waals surface area (Å²) in [6.07, 6.45) is 6.39. The first-order valence-electron chi connectivity index (χ1n) is 5.74. The van der Waals surface area contributed by atoms with Gasteiger partial charge in [-0.3, -0.25) is 0 Å². The van der Waals surface area contributed by atoms with E-state index in [1.807, 2.05) is 0 Å². The van der Waals surface area contributed by atoms with E-state index in [1.165, 1.54) is 32.1 Å². The van der Waals surface area contributed by atoms with Crippen molar-refractivity contribution in [1.29, 1.82) is 0 Å². The predicted octanol–water partition coefficient (Wildman–Crippen LogP) is 1.32. The van der Waals surface area contributed by atoms with Crippen molar-refractivity contribution in [2.45, 2.75) is 43.7 Å². The van der Waals surface area contributed by atoms with Crippen LogP contribution >= 0.6 is 0 Å². The van der Waals surface area contributed by atoms with Crippen LogP contribution in [0.3, 0.4) is 0 Å². The normalized spacial score (nSPS) is 31.9. The molecule has 1 spiro atoms. The molecule has 0 bridgehead atoms. The Labute approximate surface area is 86.2 Å². The highest BCUT2D eigenvalue weighted by atomic mass is 16.5. The molecular weight excluding hydrogens is 178 g/mol. The molecule has 3 heteroatoms. The third kappa shape index (κ3) is 1.95. The largest absolute Gasteiger partial charge is 0.383 e. The van der Waals surface area contributed by atoms with Gasteiger partial charge in [0.2, 0.25) is 0 Å². The van der Waals surface area contributed by atoms with E-state index < -0.39 is 0 Å². The van der Waals surface area contributed by atoms with Crippen molar-refractivity contribution in [2.75, 3.05) is 26.9 Å². The van der Waals surface area contributed by atoms with Gasteiger partial charge in [0.25, 0.3) is 0 Å². The molecule has 1 saturated heterocycles. The van der Waals surface area contributed by atoms with E-state index >= 15 is 0 Å². The minimum Gasteiger partial charge on any atom is -0.383 e. The van der Waals surface area contributed by atoms with E-state index in [1.54, 1.807) is 7.11 Å². The molecule has 2 rings (SSSR count). The molecule has 1 heterocycles. The van der Waals surface area contributed by atoms with E-state index in [-0.39, 0.29) is 5.60 Å². The third-order valence-corrected chi connectivity index (χ3v) is 3.55. The van der Waals surface area contributed by atoms with Gasteiger partial charge >= 0.3 is 0 Å². The van der Waals surface area contributed by atoms with E-state index in [9.17, 15) is 0 Å². The van der Waals surface area contributed by atoms with Gasteiger partial charge in [0.15, 0.2) is 0 Å². The van der Waals surface area contributed by atoms with Crippen LogP contribution in [-0.4, -0.2) is 38.5 Å². The van der Waals surface area contributed by atoms with Crippen molar-refractivity contribution < 1.29 is 9.47 Å². The number of nitrogens with one attached hydrogen (secondary N) is 1. The highest BCUT2D eigenvalue weighted by Gasteiger charge is 2.42. The summed E-state index contributed by atoms with van der Waals surface area (Å²) in [5, 5.41) is 3.53. The van der Waals surface area contributed by atoms with Crippen molar-refractivity contribution >= 4 is 0 Å². The van der Waals surface area contributed by atoms with Gasteiger partial charge in [0, 0.05) is 13.7 Å². The Morgan fingerprint density at radius 3 is 2.86 bits per heavy atom. The zero-order chi connectivity index (χ0) is 9.86. The second-order valence-corrected chi connectivity index (χ2v) is 4.44. The molecule has 1 N–H and O–H groups in total. The Hall–Kier alpha value is -0.120. The summed E-state index contributed by atoms with van der Waals surface area (Å²) in [7, 11) is 1.77. The van der Waals surface area contributed by atoms with E-state index in [0.717, 1.165) is 19.8 Å². The van der Waals surface area contributed by atoms with E-state index in [2.05, 4.69) is 5.32 Å². The van der Waals surface area contributed by atoms with Crippen molar-refractivity contribution in [3.8, 4) is 0 Å². The Kier molecular flexibility index (Phi) is 3.42. The molecule has 2 fully saturated rings. The van der Waals surface area contributed by atoms with Crippen LogP contribution in [0.5, 0.6) is 0 Å². The van der Waals surface area contributed by atoms with Gasteiger partial charge in [-0.15, -0.1) is 0 Å². The smallest absolute Gasteiger partial charge is 0.0857 e. The maximum atomic E-state index is 6.03.